The number of sulfone groups is 1. The lowest BCUT2D eigenvalue weighted by Gasteiger charge is -2.33. The Kier molecular flexibility index (Phi) is 6.63. The molecule has 3 aromatic rings. The smallest absolute Gasteiger partial charge is 0.338 e. The molecule has 0 atom stereocenters. The highest BCUT2D eigenvalue weighted by Crippen LogP contribution is 2.20. The Morgan fingerprint density at radius 2 is 1.53 bits per heavy atom. The number of hydrogen-bond acceptors (Lipinski definition) is 7. The maximum Gasteiger partial charge on any atom is 0.341 e. The zero-order valence-electron chi connectivity index (χ0n) is 17.6. The molecule has 7 nitrogen and oxygen atoms in total. The van der Waals surface area contributed by atoms with Crippen LogP contribution in [-0.2, 0) is 22.9 Å². The Bertz CT molecular complexity index is 1140. The van der Waals surface area contributed by atoms with Crippen molar-refractivity contribution in [1.82, 2.24) is 19.9 Å². The van der Waals surface area contributed by atoms with E-state index in [0.717, 1.165) is 37.3 Å². The molecule has 0 unspecified atom stereocenters. The molecule has 0 amide bonds. The third-order valence-electron chi connectivity index (χ3n) is 5.49. The van der Waals surface area contributed by atoms with Crippen LogP contribution in [0.15, 0.2) is 57.9 Å². The van der Waals surface area contributed by atoms with Gasteiger partial charge in [0.25, 0.3) is 0 Å². The molecule has 170 valence electrons. The second kappa shape index (κ2) is 9.43. The predicted molar refractivity (Wildman–Crippen MR) is 115 cm³/mol. The first-order valence-electron chi connectivity index (χ1n) is 10.3. The normalized spacial score (nSPS) is 16.0. The molecular formula is C22H24F2N4O3S. The largest absolute Gasteiger partial charge is 0.341 e. The Hall–Kier alpha value is -2.69. The van der Waals surface area contributed by atoms with Crippen LogP contribution in [0, 0.1) is 6.92 Å². The van der Waals surface area contributed by atoms with Gasteiger partial charge in [-0.05, 0) is 24.6 Å². The first-order chi connectivity index (χ1) is 15.3. The van der Waals surface area contributed by atoms with E-state index in [1.54, 1.807) is 12.1 Å². The number of piperazine rings is 1. The molecule has 32 heavy (non-hydrogen) atoms. The van der Waals surface area contributed by atoms with Crippen LogP contribution in [0.4, 0.5) is 8.78 Å². The Morgan fingerprint density at radius 3 is 2.12 bits per heavy atom. The first-order valence-corrected chi connectivity index (χ1v) is 11.8. The van der Waals surface area contributed by atoms with E-state index in [9.17, 15) is 17.2 Å². The van der Waals surface area contributed by atoms with Gasteiger partial charge in [-0.15, -0.1) is 0 Å². The Labute approximate surface area is 185 Å². The van der Waals surface area contributed by atoms with Gasteiger partial charge >= 0.3 is 5.76 Å². The van der Waals surface area contributed by atoms with Crippen LogP contribution < -0.4 is 0 Å². The minimum absolute atomic E-state index is 0.356. The van der Waals surface area contributed by atoms with Gasteiger partial charge in [-0.25, -0.2) is 8.42 Å². The van der Waals surface area contributed by atoms with E-state index in [0.29, 0.717) is 24.8 Å². The zero-order chi connectivity index (χ0) is 22.7. The van der Waals surface area contributed by atoms with E-state index in [1.807, 2.05) is 31.2 Å². The summed E-state index contributed by atoms with van der Waals surface area (Å²) in [5.74, 6) is -2.26. The van der Waals surface area contributed by atoms with Crippen LogP contribution in [0.2, 0.25) is 0 Å². The van der Waals surface area contributed by atoms with E-state index in [4.69, 9.17) is 4.52 Å². The van der Waals surface area contributed by atoms with E-state index in [2.05, 4.69) is 19.9 Å². The van der Waals surface area contributed by atoms with Gasteiger partial charge in [0.1, 0.15) is 0 Å². The number of rotatable bonds is 7. The summed E-state index contributed by atoms with van der Waals surface area (Å²) < 4.78 is 53.8. The quantitative estimate of drug-likeness (QED) is 0.533. The van der Waals surface area contributed by atoms with E-state index < -0.39 is 15.6 Å². The fraction of sp³-hybridized carbons (Fsp3) is 0.364. The predicted octanol–water partition coefficient (Wildman–Crippen LogP) is 3.36. The third kappa shape index (κ3) is 5.20. The van der Waals surface area contributed by atoms with Gasteiger partial charge in [-0.2, -0.15) is 13.8 Å². The molecule has 1 saturated heterocycles. The van der Waals surface area contributed by atoms with Crippen molar-refractivity contribution in [2.45, 2.75) is 30.7 Å². The molecular weight excluding hydrogens is 438 g/mol. The van der Waals surface area contributed by atoms with E-state index >= 15 is 0 Å². The summed E-state index contributed by atoms with van der Waals surface area (Å²) in [6.07, 6.45) is 0. The number of benzene rings is 2. The Morgan fingerprint density at radius 1 is 0.938 bits per heavy atom. The molecule has 0 bridgehead atoms. The summed E-state index contributed by atoms with van der Waals surface area (Å²) in [7, 11) is -4.56. The van der Waals surface area contributed by atoms with Gasteiger partial charge in [-0.3, -0.25) is 9.80 Å². The third-order valence-corrected chi connectivity index (χ3v) is 6.89. The molecule has 10 heteroatoms. The van der Waals surface area contributed by atoms with E-state index in [-0.39, 0.29) is 4.90 Å². The van der Waals surface area contributed by atoms with Crippen molar-refractivity contribution in [3.05, 3.63) is 65.5 Å². The second-order valence-electron chi connectivity index (χ2n) is 7.88. The van der Waals surface area contributed by atoms with Gasteiger partial charge in [0.05, 0.1) is 11.4 Å². The summed E-state index contributed by atoms with van der Waals surface area (Å²) in [6, 6.07) is 13.6. The highest BCUT2D eigenvalue weighted by atomic mass is 32.2. The molecule has 0 aliphatic carbocycles. The SMILES string of the molecule is Cc1ccc(-c2noc(CN3CCN(Cc4ccc(S(=O)(=O)C(F)F)cc4)CC3)n2)cc1. The molecule has 0 radical (unpaired) electrons. The maximum atomic E-state index is 12.7. The van der Waals surface area contributed by atoms with Gasteiger partial charge in [0.15, 0.2) is 0 Å². The molecule has 2 heterocycles. The second-order valence-corrected chi connectivity index (χ2v) is 9.80. The molecule has 1 aromatic heterocycles. The van der Waals surface area contributed by atoms with Crippen LogP contribution in [0.5, 0.6) is 0 Å². The summed E-state index contributed by atoms with van der Waals surface area (Å²) in [6.45, 7) is 6.50. The average Bonchev–Trinajstić information content (AvgIpc) is 3.24. The van der Waals surface area contributed by atoms with Crippen LogP contribution in [0.25, 0.3) is 11.4 Å². The van der Waals surface area contributed by atoms with Gasteiger partial charge in [0, 0.05) is 38.3 Å². The molecule has 1 fully saturated rings. The molecule has 1 aliphatic heterocycles. The standard InChI is InChI=1S/C22H24F2N4O3S/c1-16-2-6-18(7-3-16)21-25-20(31-26-21)15-28-12-10-27(11-13-28)14-17-4-8-19(9-5-17)32(29,30)22(23)24/h2-9,22H,10-15H2,1H3. The zero-order valence-corrected chi connectivity index (χ0v) is 18.4. The van der Waals surface area contributed by atoms with Crippen molar-refractivity contribution in [2.24, 2.45) is 0 Å². The molecule has 2 aromatic carbocycles. The van der Waals surface area contributed by atoms with Crippen LogP contribution >= 0.6 is 0 Å². The lowest BCUT2D eigenvalue weighted by Crippen LogP contribution is -2.45. The van der Waals surface area contributed by atoms with Gasteiger partial charge in [-0.1, -0.05) is 47.1 Å². The molecule has 4 rings (SSSR count). The number of halogens is 2. The molecule has 0 N–H and O–H groups in total. The maximum absolute atomic E-state index is 12.7. The van der Waals surface area contributed by atoms with Crippen LogP contribution in [0.3, 0.4) is 0 Å². The summed E-state index contributed by atoms with van der Waals surface area (Å²) >= 11 is 0. The minimum Gasteiger partial charge on any atom is -0.338 e. The topological polar surface area (TPSA) is 79.5 Å². The van der Waals surface area contributed by atoms with Crippen LogP contribution in [0.1, 0.15) is 17.0 Å². The lowest BCUT2D eigenvalue weighted by atomic mass is 10.1. The minimum atomic E-state index is -4.56. The van der Waals surface area contributed by atoms with Crippen molar-refractivity contribution in [1.29, 1.82) is 0 Å². The Balaban J connectivity index is 1.28. The van der Waals surface area contributed by atoms with Crippen LogP contribution in [-0.4, -0.2) is 60.3 Å². The number of nitrogens with zero attached hydrogens (tertiary/aromatic N) is 4. The summed E-state index contributed by atoms with van der Waals surface area (Å²) in [5.41, 5.74) is 2.97. The van der Waals surface area contributed by atoms with Gasteiger partial charge in [0.2, 0.25) is 21.6 Å². The highest BCUT2D eigenvalue weighted by Gasteiger charge is 2.26. The van der Waals surface area contributed by atoms with Crippen molar-refractivity contribution in [3.8, 4) is 11.4 Å². The summed E-state index contributed by atoms with van der Waals surface area (Å²) in [4.78, 5) is 8.61. The van der Waals surface area contributed by atoms with E-state index in [1.165, 1.54) is 17.7 Å². The van der Waals surface area contributed by atoms with Crippen molar-refractivity contribution in [3.63, 3.8) is 0 Å². The molecule has 0 spiro atoms. The van der Waals surface area contributed by atoms with Crippen molar-refractivity contribution in [2.75, 3.05) is 26.2 Å². The fourth-order valence-electron chi connectivity index (χ4n) is 3.58. The molecule has 1 aliphatic rings. The first kappa shape index (κ1) is 22.5. The monoisotopic (exact) mass is 462 g/mol. The molecule has 0 saturated carbocycles. The number of aromatic nitrogens is 2. The number of alkyl halides is 2. The fourth-order valence-corrected chi connectivity index (χ4v) is 4.30. The van der Waals surface area contributed by atoms with Crippen molar-refractivity contribution >= 4 is 9.84 Å². The highest BCUT2D eigenvalue weighted by molar-refractivity contribution is 7.91. The average molecular weight is 463 g/mol. The van der Waals surface area contributed by atoms with Gasteiger partial charge < -0.3 is 4.52 Å². The lowest BCUT2D eigenvalue weighted by molar-refractivity contribution is 0.112. The number of aryl methyl sites for hydroxylation is 1. The number of hydrogen-bond donors (Lipinski definition) is 0. The summed E-state index contributed by atoms with van der Waals surface area (Å²) in [5, 5.41) is 4.07. The van der Waals surface area contributed by atoms with Crippen molar-refractivity contribution < 1.29 is 21.7 Å².